The fourth-order valence-electron chi connectivity index (χ4n) is 2.98. The number of rotatable bonds is 8. The number of hydrogen-bond donors (Lipinski definition) is 2. The van der Waals surface area contributed by atoms with Crippen LogP contribution in [-0.4, -0.2) is 26.3 Å². The molecule has 0 aliphatic rings. The summed E-state index contributed by atoms with van der Waals surface area (Å²) in [5, 5.41) is 12.2. The Hall–Kier alpha value is -2.77. The quantitative estimate of drug-likeness (QED) is 0.524. The molecule has 0 fully saturated rings. The topological polar surface area (TPSA) is 76.1 Å². The number of nitrogens with zero attached hydrogens (tertiary/aromatic N) is 2. The molecule has 0 saturated heterocycles. The molecule has 7 heteroatoms. The highest BCUT2D eigenvalue weighted by molar-refractivity contribution is 7.84. The van der Waals surface area contributed by atoms with Gasteiger partial charge in [0.15, 0.2) is 0 Å². The average molecular weight is 439 g/mol. The summed E-state index contributed by atoms with van der Waals surface area (Å²) in [4.78, 5) is 0. The molecule has 0 bridgehead atoms. The monoisotopic (exact) mass is 438 g/mol. The lowest BCUT2D eigenvalue weighted by molar-refractivity contribution is 0.414. The molecule has 0 saturated carbocycles. The Balaban J connectivity index is 1.86. The molecule has 1 aromatic heterocycles. The van der Waals surface area contributed by atoms with E-state index in [1.54, 1.807) is 7.11 Å². The summed E-state index contributed by atoms with van der Waals surface area (Å²) in [6.45, 7) is 8.47. The zero-order chi connectivity index (χ0) is 22.4. The first kappa shape index (κ1) is 22.9. The van der Waals surface area contributed by atoms with E-state index in [1.165, 1.54) is 0 Å². The normalized spacial score (nSPS) is 13.5. The Labute approximate surface area is 187 Å². The van der Waals surface area contributed by atoms with Crippen LogP contribution >= 0.6 is 0 Å². The van der Waals surface area contributed by atoms with Crippen LogP contribution in [0.2, 0.25) is 0 Å². The van der Waals surface area contributed by atoms with Crippen molar-refractivity contribution in [2.45, 2.75) is 45.0 Å². The minimum Gasteiger partial charge on any atom is -0.497 e. The van der Waals surface area contributed by atoms with Crippen molar-refractivity contribution in [2.75, 3.05) is 12.4 Å². The molecule has 6 nitrogen and oxygen atoms in total. The van der Waals surface area contributed by atoms with Crippen LogP contribution in [0.1, 0.15) is 44.9 Å². The van der Waals surface area contributed by atoms with E-state index in [0.717, 1.165) is 28.1 Å². The third kappa shape index (κ3) is 6.12. The van der Waals surface area contributed by atoms with Crippen LogP contribution in [0.25, 0.3) is 11.3 Å². The van der Waals surface area contributed by atoms with Crippen molar-refractivity contribution in [2.24, 2.45) is 0 Å². The van der Waals surface area contributed by atoms with Gasteiger partial charge < -0.3 is 10.1 Å². The molecule has 2 unspecified atom stereocenters. The van der Waals surface area contributed by atoms with E-state index in [-0.39, 0.29) is 10.8 Å². The highest BCUT2D eigenvalue weighted by Crippen LogP contribution is 2.28. The number of hydrogen-bond acceptors (Lipinski definition) is 5. The van der Waals surface area contributed by atoms with Crippen molar-refractivity contribution in [3.05, 3.63) is 71.8 Å². The predicted octanol–water partition coefficient (Wildman–Crippen LogP) is 4.88. The second-order valence-electron chi connectivity index (χ2n) is 8.32. The van der Waals surface area contributed by atoms with Gasteiger partial charge in [0.2, 0.25) is 0 Å². The Bertz CT molecular complexity index is 1020. The summed E-state index contributed by atoms with van der Waals surface area (Å²) < 4.78 is 20.8. The second kappa shape index (κ2) is 10.0. The number of ether oxygens (including phenoxy) is 1. The summed E-state index contributed by atoms with van der Waals surface area (Å²) in [6.07, 6.45) is 0. The van der Waals surface area contributed by atoms with Gasteiger partial charge in [-0.25, -0.2) is 8.93 Å². The molecule has 2 aromatic carbocycles. The van der Waals surface area contributed by atoms with Gasteiger partial charge in [0, 0.05) is 23.7 Å². The van der Waals surface area contributed by atoms with Gasteiger partial charge >= 0.3 is 0 Å². The molecule has 0 aliphatic carbocycles. The second-order valence-corrected chi connectivity index (χ2v) is 10.3. The largest absolute Gasteiger partial charge is 0.497 e. The highest BCUT2D eigenvalue weighted by Gasteiger charge is 2.24. The first-order valence-electron chi connectivity index (χ1n) is 10.3. The fraction of sp³-hybridized carbons (Fsp3) is 0.333. The minimum absolute atomic E-state index is 0.174. The third-order valence-corrected chi connectivity index (χ3v) is 6.49. The maximum absolute atomic E-state index is 12.7. The van der Waals surface area contributed by atoms with Crippen LogP contribution in [0, 0.1) is 0 Å². The van der Waals surface area contributed by atoms with Crippen LogP contribution in [0.5, 0.6) is 5.75 Å². The average Bonchev–Trinajstić information content (AvgIpc) is 2.77. The van der Waals surface area contributed by atoms with Crippen molar-refractivity contribution in [1.29, 1.82) is 0 Å². The zero-order valence-electron chi connectivity index (χ0n) is 18.7. The molecular formula is C24H30N4O2S. The lowest BCUT2D eigenvalue weighted by Crippen LogP contribution is -2.35. The summed E-state index contributed by atoms with van der Waals surface area (Å²) in [5.41, 5.74) is 3.80. The van der Waals surface area contributed by atoms with E-state index in [9.17, 15) is 4.21 Å². The summed E-state index contributed by atoms with van der Waals surface area (Å²) in [7, 11) is 0.447. The maximum Gasteiger partial charge on any atom is 0.149 e. The Kier molecular flexibility index (Phi) is 7.41. The van der Waals surface area contributed by atoms with Gasteiger partial charge in [0.05, 0.1) is 28.5 Å². The molecule has 0 radical (unpaired) electrons. The number of aromatic nitrogens is 2. The van der Waals surface area contributed by atoms with Crippen molar-refractivity contribution in [3.8, 4) is 17.0 Å². The highest BCUT2D eigenvalue weighted by atomic mass is 32.2. The van der Waals surface area contributed by atoms with Crippen molar-refractivity contribution in [1.82, 2.24) is 14.9 Å². The number of benzene rings is 2. The number of nitrogens with one attached hydrogen (secondary N) is 2. The van der Waals surface area contributed by atoms with E-state index < -0.39 is 11.0 Å². The van der Waals surface area contributed by atoms with E-state index >= 15 is 0 Å². The summed E-state index contributed by atoms with van der Waals surface area (Å²) in [6, 6.07) is 19.6. The van der Waals surface area contributed by atoms with Gasteiger partial charge in [-0.1, -0.05) is 42.5 Å². The maximum atomic E-state index is 12.7. The molecule has 2 N–H and O–H groups in total. The summed E-state index contributed by atoms with van der Waals surface area (Å²) in [5.74, 6) is 1.49. The van der Waals surface area contributed by atoms with Crippen molar-refractivity contribution < 1.29 is 8.95 Å². The van der Waals surface area contributed by atoms with Crippen LogP contribution in [-0.2, 0) is 17.5 Å². The van der Waals surface area contributed by atoms with Crippen LogP contribution in [0.3, 0.4) is 0 Å². The molecule has 31 heavy (non-hydrogen) atoms. The lowest BCUT2D eigenvalue weighted by atomic mass is 10.0. The molecule has 3 aromatic rings. The zero-order valence-corrected chi connectivity index (χ0v) is 19.5. The molecule has 0 aliphatic heterocycles. The fourth-order valence-corrected chi connectivity index (χ4v) is 3.78. The number of anilines is 1. The standard InChI is InChI=1S/C24H30N4O2S/c1-17(28-31(29)24(2,3)4)21-15-22(25-16-18-11-13-20(30-5)14-12-18)26-27-23(21)19-9-7-6-8-10-19/h6-15,17,28H,16H2,1-5H3,(H,25,26). The molecular weight excluding hydrogens is 408 g/mol. The molecule has 3 rings (SSSR count). The third-order valence-electron chi connectivity index (χ3n) is 4.81. The van der Waals surface area contributed by atoms with Gasteiger partial charge in [-0.05, 0) is 51.5 Å². The van der Waals surface area contributed by atoms with Gasteiger partial charge in [-0.15, -0.1) is 10.2 Å². The van der Waals surface area contributed by atoms with Crippen molar-refractivity contribution >= 4 is 16.8 Å². The Morgan fingerprint density at radius 2 is 1.71 bits per heavy atom. The molecule has 164 valence electrons. The van der Waals surface area contributed by atoms with Crippen molar-refractivity contribution in [3.63, 3.8) is 0 Å². The minimum atomic E-state index is -1.21. The SMILES string of the molecule is COc1ccc(CNc2cc(C(C)NS(=O)C(C)(C)C)c(-c3ccccc3)nn2)cc1. The molecule has 0 amide bonds. The predicted molar refractivity (Wildman–Crippen MR) is 127 cm³/mol. The van der Waals surface area contributed by atoms with Crippen LogP contribution in [0.4, 0.5) is 5.82 Å². The van der Waals surface area contributed by atoms with Gasteiger partial charge in [-0.3, -0.25) is 0 Å². The lowest BCUT2D eigenvalue weighted by Gasteiger charge is -2.23. The van der Waals surface area contributed by atoms with Gasteiger partial charge in [-0.2, -0.15) is 0 Å². The smallest absolute Gasteiger partial charge is 0.149 e. The van der Waals surface area contributed by atoms with Gasteiger partial charge in [0.25, 0.3) is 0 Å². The van der Waals surface area contributed by atoms with Crippen LogP contribution in [0.15, 0.2) is 60.7 Å². The molecule has 0 spiro atoms. The Morgan fingerprint density at radius 3 is 2.32 bits per heavy atom. The van der Waals surface area contributed by atoms with E-state index in [4.69, 9.17) is 4.74 Å². The molecule has 2 atom stereocenters. The Morgan fingerprint density at radius 1 is 1.03 bits per heavy atom. The van der Waals surface area contributed by atoms with E-state index in [2.05, 4.69) is 20.2 Å². The van der Waals surface area contributed by atoms with Crippen LogP contribution < -0.4 is 14.8 Å². The first-order valence-corrected chi connectivity index (χ1v) is 11.4. The molecule has 1 heterocycles. The number of methoxy groups -OCH3 is 1. The summed E-state index contributed by atoms with van der Waals surface area (Å²) >= 11 is 0. The van der Waals surface area contributed by atoms with E-state index in [1.807, 2.05) is 88.4 Å². The van der Waals surface area contributed by atoms with E-state index in [0.29, 0.717) is 12.4 Å². The first-order chi connectivity index (χ1) is 14.8. The van der Waals surface area contributed by atoms with Gasteiger partial charge in [0.1, 0.15) is 11.6 Å².